The Hall–Kier alpha value is -1.36. The number of piperidine rings is 1. The molecule has 1 fully saturated rings. The molecule has 5 heteroatoms. The van der Waals surface area contributed by atoms with Crippen molar-refractivity contribution < 1.29 is 14.3 Å². The van der Waals surface area contributed by atoms with Gasteiger partial charge in [-0.1, -0.05) is 20.3 Å². The minimum Gasteiger partial charge on any atom is -0.465 e. The van der Waals surface area contributed by atoms with Crippen molar-refractivity contribution in [2.45, 2.75) is 45.6 Å². The Kier molecular flexibility index (Phi) is 5.39. The van der Waals surface area contributed by atoms with Gasteiger partial charge in [0.1, 0.15) is 4.88 Å². The summed E-state index contributed by atoms with van der Waals surface area (Å²) < 4.78 is 4.70. The number of carbonyl (C=O) groups is 2. The number of methoxy groups -OCH3 is 1. The Morgan fingerprint density at radius 2 is 2.10 bits per heavy atom. The van der Waals surface area contributed by atoms with Crippen LogP contribution in [-0.2, 0) is 4.74 Å². The number of likely N-dealkylation sites (tertiary alicyclic amines) is 1. The number of nitrogens with zero attached hydrogens (tertiary/aromatic N) is 1. The highest BCUT2D eigenvalue weighted by Gasteiger charge is 2.31. The van der Waals surface area contributed by atoms with E-state index in [4.69, 9.17) is 4.74 Å². The van der Waals surface area contributed by atoms with Gasteiger partial charge >= 0.3 is 5.97 Å². The van der Waals surface area contributed by atoms with Crippen molar-refractivity contribution in [3.05, 3.63) is 21.9 Å². The highest BCUT2D eigenvalue weighted by atomic mass is 32.1. The molecule has 0 N–H and O–H groups in total. The van der Waals surface area contributed by atoms with Gasteiger partial charge in [0.25, 0.3) is 5.91 Å². The van der Waals surface area contributed by atoms with Gasteiger partial charge < -0.3 is 9.64 Å². The molecule has 1 aliphatic heterocycles. The molecule has 0 spiro atoms. The van der Waals surface area contributed by atoms with Gasteiger partial charge in [-0.05, 0) is 37.3 Å². The smallest absolute Gasteiger partial charge is 0.348 e. The number of esters is 1. The molecule has 2 rings (SSSR count). The Morgan fingerprint density at radius 3 is 2.76 bits per heavy atom. The van der Waals surface area contributed by atoms with Crippen molar-refractivity contribution in [2.75, 3.05) is 13.7 Å². The molecular weight excluding hydrogens is 286 g/mol. The van der Waals surface area contributed by atoms with Crippen LogP contribution >= 0.6 is 11.3 Å². The first-order valence-electron chi connectivity index (χ1n) is 7.57. The molecule has 116 valence electrons. The number of rotatable bonds is 4. The molecule has 21 heavy (non-hydrogen) atoms. The zero-order valence-corrected chi connectivity index (χ0v) is 13.7. The largest absolute Gasteiger partial charge is 0.465 e. The fraction of sp³-hybridized carbons (Fsp3) is 0.625. The first-order valence-corrected chi connectivity index (χ1v) is 8.39. The van der Waals surface area contributed by atoms with E-state index in [0.29, 0.717) is 21.7 Å². The van der Waals surface area contributed by atoms with Gasteiger partial charge in [-0.3, -0.25) is 4.79 Å². The summed E-state index contributed by atoms with van der Waals surface area (Å²) in [5.74, 6) is 0.186. The number of hydrogen-bond donors (Lipinski definition) is 0. The summed E-state index contributed by atoms with van der Waals surface area (Å²) in [6.45, 7) is 5.20. The molecule has 2 atom stereocenters. The van der Waals surface area contributed by atoms with Crippen LogP contribution in [0.5, 0.6) is 0 Å². The first-order chi connectivity index (χ1) is 10.1. The van der Waals surface area contributed by atoms with E-state index in [1.807, 2.05) is 4.90 Å². The fourth-order valence-electron chi connectivity index (χ4n) is 2.88. The zero-order chi connectivity index (χ0) is 15.4. The third-order valence-electron chi connectivity index (χ3n) is 4.31. The first kappa shape index (κ1) is 16.0. The van der Waals surface area contributed by atoms with Gasteiger partial charge in [-0.15, -0.1) is 11.3 Å². The van der Waals surface area contributed by atoms with Crippen LogP contribution in [0, 0.1) is 5.92 Å². The van der Waals surface area contributed by atoms with Gasteiger partial charge in [-0.25, -0.2) is 4.79 Å². The van der Waals surface area contributed by atoms with Crippen LogP contribution in [0.15, 0.2) is 12.1 Å². The summed E-state index contributed by atoms with van der Waals surface area (Å²) in [5, 5.41) is 0. The monoisotopic (exact) mass is 309 g/mol. The molecule has 4 nitrogen and oxygen atoms in total. The highest BCUT2D eigenvalue weighted by Crippen LogP contribution is 2.28. The maximum Gasteiger partial charge on any atom is 0.348 e. The summed E-state index contributed by atoms with van der Waals surface area (Å²) in [4.78, 5) is 27.4. The summed E-state index contributed by atoms with van der Waals surface area (Å²) in [5.41, 5.74) is 0. The Bertz CT molecular complexity index is 511. The van der Waals surface area contributed by atoms with Crippen molar-refractivity contribution in [3.63, 3.8) is 0 Å². The molecule has 0 saturated carbocycles. The molecule has 1 aromatic heterocycles. The normalized spacial score (nSPS) is 20.1. The molecule has 0 aromatic carbocycles. The van der Waals surface area contributed by atoms with E-state index in [1.54, 1.807) is 12.1 Å². The molecule has 1 aromatic rings. The summed E-state index contributed by atoms with van der Waals surface area (Å²) in [6.07, 6.45) is 4.41. The average Bonchev–Trinajstić information content (AvgIpc) is 3.02. The van der Waals surface area contributed by atoms with Crippen LogP contribution in [0.3, 0.4) is 0 Å². The molecule has 2 heterocycles. The lowest BCUT2D eigenvalue weighted by Gasteiger charge is -2.39. The van der Waals surface area contributed by atoms with Crippen molar-refractivity contribution >= 4 is 23.2 Å². The number of amides is 1. The lowest BCUT2D eigenvalue weighted by Crippen LogP contribution is -2.46. The molecule has 0 aliphatic carbocycles. The summed E-state index contributed by atoms with van der Waals surface area (Å²) >= 11 is 1.22. The van der Waals surface area contributed by atoms with Gasteiger partial charge in [0.05, 0.1) is 12.0 Å². The van der Waals surface area contributed by atoms with Crippen molar-refractivity contribution in [1.29, 1.82) is 0 Å². The van der Waals surface area contributed by atoms with Crippen molar-refractivity contribution in [1.82, 2.24) is 4.90 Å². The second-order valence-corrected chi connectivity index (χ2v) is 6.69. The van der Waals surface area contributed by atoms with E-state index in [0.717, 1.165) is 25.8 Å². The van der Waals surface area contributed by atoms with E-state index >= 15 is 0 Å². The van der Waals surface area contributed by atoms with Gasteiger partial charge in [0.15, 0.2) is 0 Å². The molecule has 0 radical (unpaired) electrons. The Morgan fingerprint density at radius 1 is 1.38 bits per heavy atom. The van der Waals surface area contributed by atoms with Crippen molar-refractivity contribution in [2.24, 2.45) is 5.92 Å². The number of thiophene rings is 1. The molecule has 1 amide bonds. The van der Waals surface area contributed by atoms with E-state index in [-0.39, 0.29) is 11.9 Å². The summed E-state index contributed by atoms with van der Waals surface area (Å²) in [7, 11) is 1.35. The molecule has 1 aliphatic rings. The Balaban J connectivity index is 2.17. The summed E-state index contributed by atoms with van der Waals surface area (Å²) in [6, 6.07) is 3.73. The second-order valence-electron chi connectivity index (χ2n) is 5.60. The van der Waals surface area contributed by atoms with Gasteiger partial charge in [0, 0.05) is 12.6 Å². The fourth-order valence-corrected chi connectivity index (χ4v) is 3.76. The lowest BCUT2D eigenvalue weighted by atomic mass is 9.89. The van der Waals surface area contributed by atoms with Crippen LogP contribution < -0.4 is 0 Å². The topological polar surface area (TPSA) is 46.6 Å². The van der Waals surface area contributed by atoms with Gasteiger partial charge in [-0.2, -0.15) is 0 Å². The molecule has 1 saturated heterocycles. The van der Waals surface area contributed by atoms with E-state index in [9.17, 15) is 9.59 Å². The predicted octanol–water partition coefficient (Wildman–Crippen LogP) is 3.58. The van der Waals surface area contributed by atoms with Crippen LogP contribution in [0.1, 0.15) is 58.9 Å². The third-order valence-corrected chi connectivity index (χ3v) is 5.37. The standard InChI is InChI=1S/C16H23NO3S/c1-4-11(2)12-7-5-6-10-17(12)15(18)13-8-9-14(21-13)16(19)20-3/h8-9,11-12H,4-7,10H2,1-3H3/t11-,12+/m0/s1. The van der Waals surface area contributed by atoms with Crippen LogP contribution in [-0.4, -0.2) is 36.5 Å². The quantitative estimate of drug-likeness (QED) is 0.799. The van der Waals surface area contributed by atoms with E-state index < -0.39 is 0 Å². The van der Waals surface area contributed by atoms with E-state index in [1.165, 1.54) is 24.9 Å². The van der Waals surface area contributed by atoms with Crippen LogP contribution in [0.25, 0.3) is 0 Å². The highest BCUT2D eigenvalue weighted by molar-refractivity contribution is 7.15. The minimum absolute atomic E-state index is 0.0557. The minimum atomic E-state index is -0.379. The third kappa shape index (κ3) is 3.46. The Labute approximate surface area is 130 Å². The number of carbonyl (C=O) groups excluding carboxylic acids is 2. The van der Waals surface area contributed by atoms with Crippen LogP contribution in [0.4, 0.5) is 0 Å². The zero-order valence-electron chi connectivity index (χ0n) is 12.9. The average molecular weight is 309 g/mol. The van der Waals surface area contributed by atoms with E-state index in [2.05, 4.69) is 13.8 Å². The molecule has 0 unspecified atom stereocenters. The van der Waals surface area contributed by atoms with Gasteiger partial charge in [0.2, 0.25) is 0 Å². The lowest BCUT2D eigenvalue weighted by molar-refractivity contribution is 0.0530. The maximum absolute atomic E-state index is 12.7. The SMILES string of the molecule is CC[C@H](C)[C@H]1CCCCN1C(=O)c1ccc(C(=O)OC)s1. The molecule has 0 bridgehead atoms. The van der Waals surface area contributed by atoms with Crippen LogP contribution in [0.2, 0.25) is 0 Å². The predicted molar refractivity (Wildman–Crippen MR) is 83.8 cm³/mol. The number of ether oxygens (including phenoxy) is 1. The molecular formula is C16H23NO3S. The van der Waals surface area contributed by atoms with Crippen molar-refractivity contribution in [3.8, 4) is 0 Å². The number of hydrogen-bond acceptors (Lipinski definition) is 4. The maximum atomic E-state index is 12.7. The second kappa shape index (κ2) is 7.07.